The highest BCUT2D eigenvalue weighted by molar-refractivity contribution is 6.30. The lowest BCUT2D eigenvalue weighted by Gasteiger charge is -2.27. The highest BCUT2D eigenvalue weighted by atomic mass is 35.5. The van der Waals surface area contributed by atoms with Crippen molar-refractivity contribution in [2.24, 2.45) is 5.92 Å². The van der Waals surface area contributed by atoms with Gasteiger partial charge in [-0.15, -0.1) is 0 Å². The maximum Gasteiger partial charge on any atom is 0.408 e. The minimum absolute atomic E-state index is 0.0951. The van der Waals surface area contributed by atoms with Gasteiger partial charge in [-0.05, 0) is 50.8 Å². The molecule has 0 bridgehead atoms. The van der Waals surface area contributed by atoms with Crippen molar-refractivity contribution in [2.75, 3.05) is 0 Å². The van der Waals surface area contributed by atoms with Crippen LogP contribution in [0.25, 0.3) is 0 Å². The zero-order valence-corrected chi connectivity index (χ0v) is 13.6. The molecule has 1 aromatic carbocycles. The molecule has 0 aliphatic carbocycles. The SMILES string of the molecule is CC(C)CC(C)NC(=O)OC(C)(C)c1cccc(Cl)c1. The number of amides is 1. The number of ether oxygens (including phenoxy) is 1. The minimum Gasteiger partial charge on any atom is -0.439 e. The fourth-order valence-electron chi connectivity index (χ4n) is 2.15. The van der Waals surface area contributed by atoms with Gasteiger partial charge in [0.15, 0.2) is 0 Å². The number of hydrogen-bond acceptors (Lipinski definition) is 2. The van der Waals surface area contributed by atoms with E-state index in [1.54, 1.807) is 6.07 Å². The molecular weight excluding hydrogens is 274 g/mol. The second-order valence-electron chi connectivity index (χ2n) is 6.09. The Morgan fingerprint density at radius 3 is 2.55 bits per heavy atom. The second-order valence-corrected chi connectivity index (χ2v) is 6.52. The molecule has 0 aliphatic rings. The Labute approximate surface area is 126 Å². The first kappa shape index (κ1) is 16.8. The van der Waals surface area contributed by atoms with Crippen molar-refractivity contribution in [3.63, 3.8) is 0 Å². The van der Waals surface area contributed by atoms with E-state index in [1.165, 1.54) is 0 Å². The molecule has 1 aromatic rings. The van der Waals surface area contributed by atoms with E-state index in [4.69, 9.17) is 16.3 Å². The summed E-state index contributed by atoms with van der Waals surface area (Å²) in [6, 6.07) is 7.45. The first-order valence-electron chi connectivity index (χ1n) is 6.96. The van der Waals surface area contributed by atoms with E-state index in [0.29, 0.717) is 10.9 Å². The summed E-state index contributed by atoms with van der Waals surface area (Å²) in [5.41, 5.74) is 0.156. The minimum atomic E-state index is -0.716. The molecule has 0 aromatic heterocycles. The first-order chi connectivity index (χ1) is 9.20. The molecule has 0 spiro atoms. The van der Waals surface area contributed by atoms with Gasteiger partial charge in [0.1, 0.15) is 5.60 Å². The molecule has 1 atom stereocenters. The van der Waals surface area contributed by atoms with Crippen LogP contribution >= 0.6 is 11.6 Å². The fraction of sp³-hybridized carbons (Fsp3) is 0.562. The summed E-state index contributed by atoms with van der Waals surface area (Å²) < 4.78 is 5.52. The molecule has 0 fully saturated rings. The largest absolute Gasteiger partial charge is 0.439 e. The van der Waals surface area contributed by atoms with Crippen LogP contribution in [0.3, 0.4) is 0 Å². The molecule has 1 rings (SSSR count). The first-order valence-corrected chi connectivity index (χ1v) is 7.34. The number of halogens is 1. The maximum absolute atomic E-state index is 11.9. The van der Waals surface area contributed by atoms with Crippen LogP contribution in [-0.2, 0) is 10.3 Å². The van der Waals surface area contributed by atoms with Crippen LogP contribution in [0.2, 0.25) is 5.02 Å². The number of benzene rings is 1. The van der Waals surface area contributed by atoms with Crippen LogP contribution in [0.1, 0.15) is 46.6 Å². The molecule has 1 amide bonds. The Hall–Kier alpha value is -1.22. The Morgan fingerprint density at radius 1 is 1.35 bits per heavy atom. The molecule has 0 heterocycles. The highest BCUT2D eigenvalue weighted by Gasteiger charge is 2.26. The Kier molecular flexibility index (Phi) is 5.88. The van der Waals surface area contributed by atoms with E-state index < -0.39 is 11.7 Å². The molecule has 0 saturated carbocycles. The highest BCUT2D eigenvalue weighted by Crippen LogP contribution is 2.27. The summed E-state index contributed by atoms with van der Waals surface area (Å²) >= 11 is 5.97. The van der Waals surface area contributed by atoms with Crippen LogP contribution in [0.5, 0.6) is 0 Å². The molecule has 4 heteroatoms. The van der Waals surface area contributed by atoms with Crippen LogP contribution in [-0.4, -0.2) is 12.1 Å². The lowest BCUT2D eigenvalue weighted by atomic mass is 9.98. The van der Waals surface area contributed by atoms with Gasteiger partial charge >= 0.3 is 6.09 Å². The summed E-state index contributed by atoms with van der Waals surface area (Å²) in [4.78, 5) is 11.9. The van der Waals surface area contributed by atoms with Crippen molar-refractivity contribution in [1.29, 1.82) is 0 Å². The van der Waals surface area contributed by atoms with Crippen molar-refractivity contribution < 1.29 is 9.53 Å². The summed E-state index contributed by atoms with van der Waals surface area (Å²) in [7, 11) is 0. The Balaban J connectivity index is 2.64. The zero-order valence-electron chi connectivity index (χ0n) is 12.9. The standard InChI is InChI=1S/C16H24ClNO2/c1-11(2)9-12(3)18-15(19)20-16(4,5)13-7-6-8-14(17)10-13/h6-8,10-12H,9H2,1-5H3,(H,18,19). The van der Waals surface area contributed by atoms with Crippen molar-refractivity contribution >= 4 is 17.7 Å². The second kappa shape index (κ2) is 6.98. The third kappa shape index (κ3) is 5.41. The summed E-state index contributed by atoms with van der Waals surface area (Å²) in [5, 5.41) is 3.49. The van der Waals surface area contributed by atoms with Gasteiger partial charge in [-0.3, -0.25) is 0 Å². The van der Waals surface area contributed by atoms with E-state index in [2.05, 4.69) is 19.2 Å². The predicted octanol–water partition coefficient (Wildman–Crippen LogP) is 4.74. The zero-order chi connectivity index (χ0) is 15.3. The van der Waals surface area contributed by atoms with E-state index in [0.717, 1.165) is 12.0 Å². The Morgan fingerprint density at radius 2 is 2.00 bits per heavy atom. The summed E-state index contributed by atoms with van der Waals surface area (Å²) in [6.45, 7) is 9.93. The molecule has 0 radical (unpaired) electrons. The lowest BCUT2D eigenvalue weighted by Crippen LogP contribution is -2.38. The van der Waals surface area contributed by atoms with Gasteiger partial charge in [0.05, 0.1) is 0 Å². The summed E-state index contributed by atoms with van der Waals surface area (Å²) in [6.07, 6.45) is 0.523. The average molecular weight is 298 g/mol. The Bertz CT molecular complexity index is 458. The van der Waals surface area contributed by atoms with Crippen LogP contribution < -0.4 is 5.32 Å². The van der Waals surface area contributed by atoms with Crippen LogP contribution in [0.15, 0.2) is 24.3 Å². The quantitative estimate of drug-likeness (QED) is 0.853. The normalized spacial score (nSPS) is 13.2. The van der Waals surface area contributed by atoms with E-state index >= 15 is 0 Å². The lowest BCUT2D eigenvalue weighted by molar-refractivity contribution is 0.0343. The molecular formula is C16H24ClNO2. The number of nitrogens with one attached hydrogen (secondary N) is 1. The fourth-order valence-corrected chi connectivity index (χ4v) is 2.34. The molecule has 1 unspecified atom stereocenters. The van der Waals surface area contributed by atoms with Gasteiger partial charge in [0.25, 0.3) is 0 Å². The number of carbonyl (C=O) groups is 1. The smallest absolute Gasteiger partial charge is 0.408 e. The van der Waals surface area contributed by atoms with Gasteiger partial charge in [-0.25, -0.2) is 4.79 Å². The van der Waals surface area contributed by atoms with Crippen molar-refractivity contribution in [3.05, 3.63) is 34.9 Å². The predicted molar refractivity (Wildman–Crippen MR) is 83.0 cm³/mol. The molecule has 112 valence electrons. The molecule has 1 N–H and O–H groups in total. The van der Waals surface area contributed by atoms with Crippen LogP contribution in [0, 0.1) is 5.92 Å². The van der Waals surface area contributed by atoms with Gasteiger partial charge < -0.3 is 10.1 Å². The van der Waals surface area contributed by atoms with Gasteiger partial charge in [-0.1, -0.05) is 37.6 Å². The number of rotatable bonds is 5. The van der Waals surface area contributed by atoms with Gasteiger partial charge in [-0.2, -0.15) is 0 Å². The van der Waals surface area contributed by atoms with Gasteiger partial charge in [0.2, 0.25) is 0 Å². The average Bonchev–Trinajstić information content (AvgIpc) is 2.26. The van der Waals surface area contributed by atoms with Crippen molar-refractivity contribution in [2.45, 2.75) is 52.7 Å². The number of alkyl carbamates (subject to hydrolysis) is 1. The molecule has 0 saturated heterocycles. The van der Waals surface area contributed by atoms with Crippen molar-refractivity contribution in [3.8, 4) is 0 Å². The molecule has 3 nitrogen and oxygen atoms in total. The van der Waals surface area contributed by atoms with Crippen molar-refractivity contribution in [1.82, 2.24) is 5.32 Å². The number of carbonyl (C=O) groups excluding carboxylic acids is 1. The van der Waals surface area contributed by atoms with Gasteiger partial charge in [0, 0.05) is 11.1 Å². The van der Waals surface area contributed by atoms with E-state index in [1.807, 2.05) is 39.0 Å². The maximum atomic E-state index is 11.9. The molecule has 0 aliphatic heterocycles. The molecule has 20 heavy (non-hydrogen) atoms. The number of hydrogen-bond donors (Lipinski definition) is 1. The third-order valence-corrected chi connectivity index (χ3v) is 3.29. The van der Waals surface area contributed by atoms with E-state index in [-0.39, 0.29) is 6.04 Å². The van der Waals surface area contributed by atoms with E-state index in [9.17, 15) is 4.79 Å². The third-order valence-electron chi connectivity index (χ3n) is 3.06. The van der Waals surface area contributed by atoms with Crippen LogP contribution in [0.4, 0.5) is 4.79 Å². The summed E-state index contributed by atoms with van der Waals surface area (Å²) in [5.74, 6) is 0.534. The monoisotopic (exact) mass is 297 g/mol. The topological polar surface area (TPSA) is 38.3 Å².